The number of nitrogens with one attached hydrogen (secondary N) is 2. The van der Waals surface area contributed by atoms with Gasteiger partial charge in [0.25, 0.3) is 0 Å². The summed E-state index contributed by atoms with van der Waals surface area (Å²) >= 11 is 0. The fourth-order valence-corrected chi connectivity index (χ4v) is 2.26. The second kappa shape index (κ2) is 12.8. The lowest BCUT2D eigenvalue weighted by molar-refractivity contribution is -0.144. The van der Waals surface area contributed by atoms with Crippen molar-refractivity contribution < 1.29 is 14.3 Å². The third kappa shape index (κ3) is 8.42. The van der Waals surface area contributed by atoms with Gasteiger partial charge in [-0.25, -0.2) is 0 Å². The maximum Gasteiger partial charge on any atom is 0.310 e. The first kappa shape index (κ1) is 23.5. The highest BCUT2D eigenvalue weighted by Gasteiger charge is 2.12. The molecular weight excluding hydrogens is 433 g/mol. The van der Waals surface area contributed by atoms with Gasteiger partial charge < -0.3 is 20.1 Å². The molecule has 0 saturated carbocycles. The van der Waals surface area contributed by atoms with Crippen molar-refractivity contribution in [3.8, 4) is 5.75 Å². The summed E-state index contributed by atoms with van der Waals surface area (Å²) < 4.78 is 10.1. The number of hydrogen-bond donors (Lipinski definition) is 2. The van der Waals surface area contributed by atoms with E-state index in [4.69, 9.17) is 9.47 Å². The monoisotopic (exact) mass is 463 g/mol. The van der Waals surface area contributed by atoms with Gasteiger partial charge in [0.15, 0.2) is 5.96 Å². The number of benzene rings is 1. The van der Waals surface area contributed by atoms with Crippen LogP contribution in [0.1, 0.15) is 25.0 Å². The molecule has 0 aliphatic heterocycles. The molecule has 0 aromatic heterocycles. The van der Waals surface area contributed by atoms with Gasteiger partial charge in [0, 0.05) is 13.1 Å². The molecule has 1 unspecified atom stereocenters. The molecule has 0 bridgehead atoms. The Morgan fingerprint density at radius 1 is 1.28 bits per heavy atom. The number of guanidine groups is 1. The fraction of sp³-hybridized carbons (Fsp3) is 0.556. The Hall–Kier alpha value is -1.51. The minimum Gasteiger partial charge on any atom is -0.496 e. The van der Waals surface area contributed by atoms with Crippen LogP contribution in [0.5, 0.6) is 5.75 Å². The van der Waals surface area contributed by atoms with Gasteiger partial charge in [0.2, 0.25) is 0 Å². The molecule has 0 aliphatic rings. The summed E-state index contributed by atoms with van der Waals surface area (Å²) in [5.74, 6) is 1.07. The maximum absolute atomic E-state index is 11.4. The molecule has 25 heavy (non-hydrogen) atoms. The van der Waals surface area contributed by atoms with Gasteiger partial charge in [-0.1, -0.05) is 24.6 Å². The second-order valence-electron chi connectivity index (χ2n) is 5.64. The third-order valence-corrected chi connectivity index (χ3v) is 3.59. The Balaban J connectivity index is 0.00000576. The van der Waals surface area contributed by atoms with Crippen LogP contribution in [0.2, 0.25) is 0 Å². The van der Waals surface area contributed by atoms with E-state index in [1.165, 1.54) is 12.7 Å². The summed E-state index contributed by atoms with van der Waals surface area (Å²) in [6, 6.07) is 6.15. The lowest BCUT2D eigenvalue weighted by atomic mass is 10.1. The first-order chi connectivity index (χ1) is 11.5. The van der Waals surface area contributed by atoms with E-state index in [-0.39, 0.29) is 35.9 Å². The highest BCUT2D eigenvalue weighted by atomic mass is 127. The van der Waals surface area contributed by atoms with Gasteiger partial charge in [-0.2, -0.15) is 0 Å². The van der Waals surface area contributed by atoms with Crippen LogP contribution < -0.4 is 15.4 Å². The van der Waals surface area contributed by atoms with Crippen LogP contribution in [0.15, 0.2) is 23.2 Å². The lowest BCUT2D eigenvalue weighted by Crippen LogP contribution is -2.39. The number of carbonyl (C=O) groups excluding carboxylic acids is 1. The number of ether oxygens (including phenoxy) is 2. The van der Waals surface area contributed by atoms with E-state index in [0.29, 0.717) is 12.5 Å². The molecule has 2 N–H and O–H groups in total. The number of hydrogen-bond acceptors (Lipinski definition) is 4. The molecule has 0 spiro atoms. The first-order valence-electron chi connectivity index (χ1n) is 8.25. The summed E-state index contributed by atoms with van der Waals surface area (Å²) in [7, 11) is 3.07. The van der Waals surface area contributed by atoms with Crippen LogP contribution in [0.3, 0.4) is 0 Å². The van der Waals surface area contributed by atoms with E-state index in [1.807, 2.05) is 19.1 Å². The Labute approximate surface area is 167 Å². The molecule has 0 aliphatic carbocycles. The van der Waals surface area contributed by atoms with E-state index in [2.05, 4.69) is 28.6 Å². The number of rotatable bonds is 8. The molecule has 7 heteroatoms. The van der Waals surface area contributed by atoms with Crippen molar-refractivity contribution in [1.29, 1.82) is 0 Å². The van der Waals surface area contributed by atoms with Crippen LogP contribution in [0.25, 0.3) is 0 Å². The van der Waals surface area contributed by atoms with Gasteiger partial charge in [-0.05, 0) is 31.9 Å². The summed E-state index contributed by atoms with van der Waals surface area (Å²) in [6.07, 6.45) is 0.821. The maximum atomic E-state index is 11.4. The number of esters is 1. The third-order valence-electron chi connectivity index (χ3n) is 3.59. The highest BCUT2D eigenvalue weighted by Crippen LogP contribution is 2.19. The highest BCUT2D eigenvalue weighted by molar-refractivity contribution is 14.0. The van der Waals surface area contributed by atoms with E-state index in [1.54, 1.807) is 14.0 Å². The minimum absolute atomic E-state index is 0. The molecule has 0 fully saturated rings. The second-order valence-corrected chi connectivity index (χ2v) is 5.64. The Kier molecular flexibility index (Phi) is 12.0. The largest absolute Gasteiger partial charge is 0.496 e. The molecular formula is C18H30IN3O3. The number of carbonyl (C=O) groups is 1. The number of methoxy groups -OCH3 is 2. The lowest BCUT2D eigenvalue weighted by Gasteiger charge is -2.14. The van der Waals surface area contributed by atoms with Crippen molar-refractivity contribution in [2.75, 3.05) is 33.9 Å². The molecule has 1 aromatic rings. The average Bonchev–Trinajstić information content (AvgIpc) is 2.58. The number of aryl methyl sites for hydroxylation is 1. The fourth-order valence-electron chi connectivity index (χ4n) is 2.26. The minimum atomic E-state index is -0.262. The number of aliphatic imine (C=N–C) groups is 1. The van der Waals surface area contributed by atoms with Gasteiger partial charge in [-0.15, -0.1) is 24.0 Å². The molecule has 0 amide bonds. The molecule has 1 rings (SSSR count). The molecule has 142 valence electrons. The van der Waals surface area contributed by atoms with Gasteiger partial charge in [-0.3, -0.25) is 9.79 Å². The Morgan fingerprint density at radius 3 is 2.60 bits per heavy atom. The van der Waals surface area contributed by atoms with Gasteiger partial charge in [0.1, 0.15) is 5.75 Å². The van der Waals surface area contributed by atoms with Crippen molar-refractivity contribution in [2.45, 2.75) is 27.2 Å². The van der Waals surface area contributed by atoms with E-state index >= 15 is 0 Å². The van der Waals surface area contributed by atoms with Crippen LogP contribution in [0, 0.1) is 12.8 Å². The standard InChI is InChI=1S/C18H29N3O3.HI/c1-6-19-18(21-12-14(3)17(22)24-5)20-10-9-15-11-13(2)7-8-16(15)23-4;/h7-8,11,14H,6,9-10,12H2,1-5H3,(H2,19,20,21);1H. The molecule has 1 aromatic carbocycles. The Bertz CT molecular complexity index is 564. The SMILES string of the molecule is CCNC(=NCC(C)C(=O)OC)NCCc1cc(C)ccc1OC.I. The number of halogens is 1. The molecule has 0 saturated heterocycles. The predicted molar refractivity (Wildman–Crippen MR) is 112 cm³/mol. The van der Waals surface area contributed by atoms with E-state index in [9.17, 15) is 4.79 Å². The zero-order valence-electron chi connectivity index (χ0n) is 15.7. The summed E-state index contributed by atoms with van der Waals surface area (Å²) in [5.41, 5.74) is 2.36. The van der Waals surface area contributed by atoms with Gasteiger partial charge in [0.05, 0.1) is 26.7 Å². The van der Waals surface area contributed by atoms with Crippen LogP contribution in [-0.2, 0) is 16.0 Å². The van der Waals surface area contributed by atoms with Crippen molar-refractivity contribution in [3.05, 3.63) is 29.3 Å². The summed E-state index contributed by atoms with van der Waals surface area (Å²) in [6.45, 7) is 7.73. The average molecular weight is 463 g/mol. The quantitative estimate of drug-likeness (QED) is 0.268. The zero-order chi connectivity index (χ0) is 17.9. The number of nitrogens with zero attached hydrogens (tertiary/aromatic N) is 1. The normalized spacial score (nSPS) is 12.0. The van der Waals surface area contributed by atoms with Crippen molar-refractivity contribution >= 4 is 35.9 Å². The molecule has 6 nitrogen and oxygen atoms in total. The van der Waals surface area contributed by atoms with E-state index < -0.39 is 0 Å². The summed E-state index contributed by atoms with van der Waals surface area (Å²) in [4.78, 5) is 15.9. The van der Waals surface area contributed by atoms with E-state index in [0.717, 1.165) is 30.8 Å². The zero-order valence-corrected chi connectivity index (χ0v) is 18.0. The van der Waals surface area contributed by atoms with Crippen LogP contribution in [0.4, 0.5) is 0 Å². The van der Waals surface area contributed by atoms with Crippen molar-refractivity contribution in [1.82, 2.24) is 10.6 Å². The van der Waals surface area contributed by atoms with Crippen molar-refractivity contribution in [3.63, 3.8) is 0 Å². The predicted octanol–water partition coefficient (Wildman–Crippen LogP) is 2.53. The van der Waals surface area contributed by atoms with Crippen LogP contribution in [-0.4, -0.2) is 45.8 Å². The van der Waals surface area contributed by atoms with Crippen molar-refractivity contribution in [2.24, 2.45) is 10.9 Å². The van der Waals surface area contributed by atoms with Crippen LogP contribution >= 0.6 is 24.0 Å². The topological polar surface area (TPSA) is 72.0 Å². The van der Waals surface area contributed by atoms with Gasteiger partial charge >= 0.3 is 5.97 Å². The Morgan fingerprint density at radius 2 is 2.00 bits per heavy atom. The smallest absolute Gasteiger partial charge is 0.310 e. The molecule has 0 radical (unpaired) electrons. The first-order valence-corrected chi connectivity index (χ1v) is 8.25. The molecule has 0 heterocycles. The summed E-state index contributed by atoms with van der Waals surface area (Å²) in [5, 5.41) is 6.46. The molecule has 1 atom stereocenters.